The van der Waals surface area contributed by atoms with E-state index in [1.165, 1.54) is 11.3 Å². The Labute approximate surface area is 125 Å². The van der Waals surface area contributed by atoms with Gasteiger partial charge in [-0.2, -0.15) is 0 Å². The van der Waals surface area contributed by atoms with Gasteiger partial charge in [0.15, 0.2) is 5.75 Å². The molecule has 2 amide bonds. The molecule has 3 N–H and O–H groups in total. The van der Waals surface area contributed by atoms with Crippen molar-refractivity contribution in [2.75, 3.05) is 18.9 Å². The lowest BCUT2D eigenvalue weighted by atomic mass is 9.89. The van der Waals surface area contributed by atoms with Crippen LogP contribution in [0.1, 0.15) is 25.3 Å². The zero-order valence-corrected chi connectivity index (χ0v) is 12.5. The van der Waals surface area contributed by atoms with E-state index in [4.69, 9.17) is 15.7 Å². The van der Waals surface area contributed by atoms with Crippen LogP contribution in [0.25, 0.3) is 0 Å². The number of nitrogens with two attached hydrogens (primary N) is 1. The number of hydrogen-bond acceptors (Lipinski definition) is 7. The second-order valence-electron chi connectivity index (χ2n) is 5.42. The molecule has 0 radical (unpaired) electrons. The van der Waals surface area contributed by atoms with Gasteiger partial charge in [0.2, 0.25) is 5.91 Å². The van der Waals surface area contributed by atoms with Crippen LogP contribution < -0.4 is 10.6 Å². The molecule has 1 atom stereocenters. The van der Waals surface area contributed by atoms with Gasteiger partial charge in [0.25, 0.3) is 5.91 Å². The number of thiophene rings is 1. The van der Waals surface area contributed by atoms with Crippen molar-refractivity contribution in [3.05, 3.63) is 10.9 Å². The number of fused-ring (bicyclic) bond motifs is 1. The molecule has 0 saturated carbocycles. The minimum absolute atomic E-state index is 0.0183. The van der Waals surface area contributed by atoms with Gasteiger partial charge >= 0.3 is 0 Å². The van der Waals surface area contributed by atoms with Crippen LogP contribution in [0.15, 0.2) is 5.38 Å². The summed E-state index contributed by atoms with van der Waals surface area (Å²) in [6, 6.07) is 0. The number of piperidine rings is 1. The van der Waals surface area contributed by atoms with Gasteiger partial charge in [0.05, 0.1) is 24.7 Å². The standard InChI is InChI=1S/C13H17N3O4S/c1-13(3-2-10(18)15(4-5-17)12(13)19)16-6-8-9(20-16)7-21-11(8)14/h7,17H,2-6,14H2,1H3/t13-/m0/s1. The van der Waals surface area contributed by atoms with Gasteiger partial charge in [-0.1, -0.05) is 0 Å². The smallest absolute Gasteiger partial charge is 0.252 e. The zero-order valence-electron chi connectivity index (χ0n) is 11.7. The fourth-order valence-corrected chi connectivity index (χ4v) is 3.46. The van der Waals surface area contributed by atoms with Crippen LogP contribution in [-0.4, -0.2) is 45.6 Å². The van der Waals surface area contributed by atoms with Crippen molar-refractivity contribution in [3.8, 4) is 5.75 Å². The van der Waals surface area contributed by atoms with Gasteiger partial charge in [-0.25, -0.2) is 0 Å². The Balaban J connectivity index is 1.84. The first-order chi connectivity index (χ1) is 9.97. The lowest BCUT2D eigenvalue weighted by Gasteiger charge is -2.42. The summed E-state index contributed by atoms with van der Waals surface area (Å²) >= 11 is 1.41. The van der Waals surface area contributed by atoms with E-state index in [0.717, 1.165) is 10.5 Å². The fourth-order valence-electron chi connectivity index (χ4n) is 2.74. The van der Waals surface area contributed by atoms with Crippen LogP contribution in [0.3, 0.4) is 0 Å². The van der Waals surface area contributed by atoms with Gasteiger partial charge < -0.3 is 15.7 Å². The van der Waals surface area contributed by atoms with Crippen molar-refractivity contribution in [2.24, 2.45) is 0 Å². The maximum absolute atomic E-state index is 12.6. The van der Waals surface area contributed by atoms with Crippen LogP contribution in [0.4, 0.5) is 5.00 Å². The predicted octanol–water partition coefficient (Wildman–Crippen LogP) is 0.340. The molecule has 1 fully saturated rings. The Morgan fingerprint density at radius 1 is 1.52 bits per heavy atom. The summed E-state index contributed by atoms with van der Waals surface area (Å²) < 4.78 is 0. The number of β-amino-alcohol motifs (C(OH)–C–C–N with tert-alkyl or cyclic N) is 1. The number of anilines is 1. The Kier molecular flexibility index (Phi) is 3.39. The summed E-state index contributed by atoms with van der Waals surface area (Å²) in [5.41, 5.74) is 5.85. The highest BCUT2D eigenvalue weighted by Crippen LogP contribution is 2.42. The second-order valence-corrected chi connectivity index (χ2v) is 6.33. The van der Waals surface area contributed by atoms with E-state index in [1.807, 2.05) is 5.38 Å². The third-order valence-electron chi connectivity index (χ3n) is 4.10. The Hall–Kier alpha value is -1.64. The molecular weight excluding hydrogens is 294 g/mol. The van der Waals surface area contributed by atoms with Gasteiger partial charge in [0, 0.05) is 17.4 Å². The van der Waals surface area contributed by atoms with Crippen molar-refractivity contribution < 1.29 is 19.5 Å². The van der Waals surface area contributed by atoms with E-state index < -0.39 is 5.54 Å². The number of carbonyl (C=O) groups is 2. The Morgan fingerprint density at radius 3 is 2.95 bits per heavy atom. The first kappa shape index (κ1) is 14.3. The maximum Gasteiger partial charge on any atom is 0.252 e. The van der Waals surface area contributed by atoms with E-state index in [0.29, 0.717) is 23.7 Å². The number of carbonyl (C=O) groups excluding carboxylic acids is 2. The Morgan fingerprint density at radius 2 is 2.29 bits per heavy atom. The minimum Gasteiger partial charge on any atom is -0.403 e. The highest BCUT2D eigenvalue weighted by Gasteiger charge is 2.51. The molecular formula is C13H17N3O4S. The molecule has 0 unspecified atom stereocenters. The number of imide groups is 1. The summed E-state index contributed by atoms with van der Waals surface area (Å²) in [5.74, 6) is 0.0942. The molecule has 114 valence electrons. The highest BCUT2D eigenvalue weighted by molar-refractivity contribution is 7.14. The number of nitrogen functional groups attached to an aromatic ring is 1. The topological polar surface area (TPSA) is 96.1 Å². The van der Waals surface area contributed by atoms with E-state index >= 15 is 0 Å². The van der Waals surface area contributed by atoms with E-state index in [1.54, 1.807) is 12.0 Å². The van der Waals surface area contributed by atoms with Crippen molar-refractivity contribution in [1.29, 1.82) is 0 Å². The van der Waals surface area contributed by atoms with E-state index in [9.17, 15) is 9.59 Å². The largest absolute Gasteiger partial charge is 0.403 e. The van der Waals surface area contributed by atoms with Crippen molar-refractivity contribution in [2.45, 2.75) is 31.8 Å². The molecule has 1 aromatic heterocycles. The number of nitrogens with zero attached hydrogens (tertiary/aromatic N) is 2. The Bertz CT molecular complexity index is 602. The fraction of sp³-hybridized carbons (Fsp3) is 0.538. The molecule has 0 bridgehead atoms. The number of aliphatic hydroxyl groups excluding tert-OH is 1. The van der Waals surface area contributed by atoms with Gasteiger partial charge in [0.1, 0.15) is 5.54 Å². The monoisotopic (exact) mass is 311 g/mol. The molecule has 21 heavy (non-hydrogen) atoms. The summed E-state index contributed by atoms with van der Waals surface area (Å²) in [5, 5.41) is 13.1. The first-order valence-electron chi connectivity index (χ1n) is 6.74. The predicted molar refractivity (Wildman–Crippen MR) is 76.3 cm³/mol. The molecule has 2 aliphatic heterocycles. The van der Waals surface area contributed by atoms with Gasteiger partial charge in [-0.05, 0) is 13.3 Å². The molecule has 1 aromatic rings. The molecule has 0 aromatic carbocycles. The van der Waals surface area contributed by atoms with Crippen molar-refractivity contribution in [1.82, 2.24) is 9.96 Å². The first-order valence-corrected chi connectivity index (χ1v) is 7.62. The quantitative estimate of drug-likeness (QED) is 0.782. The van der Waals surface area contributed by atoms with Crippen molar-refractivity contribution >= 4 is 28.2 Å². The molecule has 3 heterocycles. The number of hydrogen-bond donors (Lipinski definition) is 2. The summed E-state index contributed by atoms with van der Waals surface area (Å²) in [7, 11) is 0. The number of aliphatic hydroxyl groups is 1. The molecule has 0 spiro atoms. The van der Waals surface area contributed by atoms with Gasteiger partial charge in [-0.3, -0.25) is 14.5 Å². The summed E-state index contributed by atoms with van der Waals surface area (Å²) in [4.78, 5) is 31.3. The van der Waals surface area contributed by atoms with Crippen LogP contribution in [-0.2, 0) is 16.1 Å². The zero-order chi connectivity index (χ0) is 15.2. The van der Waals surface area contributed by atoms with Crippen LogP contribution in [0, 0.1) is 0 Å². The maximum atomic E-state index is 12.6. The lowest BCUT2D eigenvalue weighted by Crippen LogP contribution is -2.62. The third-order valence-corrected chi connectivity index (χ3v) is 4.94. The average molecular weight is 311 g/mol. The minimum atomic E-state index is -0.924. The number of rotatable bonds is 3. The number of likely N-dealkylation sites (tertiary alicyclic amines) is 1. The molecule has 1 saturated heterocycles. The highest BCUT2D eigenvalue weighted by atomic mass is 32.1. The molecule has 8 heteroatoms. The normalized spacial score (nSPS) is 26.1. The van der Waals surface area contributed by atoms with E-state index in [2.05, 4.69) is 0 Å². The van der Waals surface area contributed by atoms with Crippen LogP contribution in [0.5, 0.6) is 5.75 Å². The third kappa shape index (κ3) is 2.10. The SMILES string of the molecule is C[C@]1(N2Cc3c(csc3N)O2)CCC(=O)N(CCO)C1=O. The second kappa shape index (κ2) is 4.97. The van der Waals surface area contributed by atoms with Crippen molar-refractivity contribution in [3.63, 3.8) is 0 Å². The molecule has 3 rings (SSSR count). The molecule has 2 aliphatic rings. The summed E-state index contributed by atoms with van der Waals surface area (Å²) in [6.45, 7) is 1.96. The lowest BCUT2D eigenvalue weighted by molar-refractivity contribution is -0.183. The summed E-state index contributed by atoms with van der Waals surface area (Å²) in [6.07, 6.45) is 0.643. The van der Waals surface area contributed by atoms with Crippen LogP contribution in [0.2, 0.25) is 0 Å². The molecule has 0 aliphatic carbocycles. The van der Waals surface area contributed by atoms with E-state index in [-0.39, 0.29) is 31.4 Å². The number of hydroxylamine groups is 2. The van der Waals surface area contributed by atoms with Crippen LogP contribution >= 0.6 is 11.3 Å². The van der Waals surface area contributed by atoms with Gasteiger partial charge in [-0.15, -0.1) is 16.4 Å². The number of amides is 2. The molecule has 7 nitrogen and oxygen atoms in total. The average Bonchev–Trinajstić information content (AvgIpc) is 3.03.